The molecule has 1 aromatic carbocycles. The summed E-state index contributed by atoms with van der Waals surface area (Å²) in [6, 6.07) is 5.20. The first-order chi connectivity index (χ1) is 9.69. The molecule has 0 spiro atoms. The van der Waals surface area contributed by atoms with Gasteiger partial charge >= 0.3 is 0 Å². The van der Waals surface area contributed by atoms with Crippen LogP contribution in [0.3, 0.4) is 0 Å². The van der Waals surface area contributed by atoms with E-state index in [1.807, 2.05) is 0 Å². The third kappa shape index (κ3) is 2.25. The standard InChI is InChI=1S/C15H13F2NO2/c16-9-1-3-12(14(17)7-9)11-5-6-18-15-13(11)4-2-10(8-19)20-15/h1,3,5-7,10,19H,2,4,8H2/t10-/m0/s1. The first-order valence-electron chi connectivity index (χ1n) is 6.40. The molecule has 5 heteroatoms. The Hall–Kier alpha value is -2.01. The quantitative estimate of drug-likeness (QED) is 0.917. The summed E-state index contributed by atoms with van der Waals surface area (Å²) >= 11 is 0. The molecule has 0 aliphatic carbocycles. The number of benzene rings is 1. The van der Waals surface area contributed by atoms with Gasteiger partial charge in [0, 0.05) is 23.4 Å². The molecule has 0 bridgehead atoms. The predicted molar refractivity (Wildman–Crippen MR) is 69.4 cm³/mol. The van der Waals surface area contributed by atoms with Crippen molar-refractivity contribution in [3.63, 3.8) is 0 Å². The molecule has 0 fully saturated rings. The Morgan fingerprint density at radius 3 is 2.85 bits per heavy atom. The van der Waals surface area contributed by atoms with Crippen LogP contribution in [0.4, 0.5) is 8.78 Å². The van der Waals surface area contributed by atoms with Crippen molar-refractivity contribution in [3.05, 3.63) is 47.7 Å². The van der Waals surface area contributed by atoms with Crippen LogP contribution in [-0.4, -0.2) is 22.8 Å². The number of hydrogen-bond donors (Lipinski definition) is 1. The SMILES string of the molecule is OC[C@@H]1CCc2c(-c3ccc(F)cc3F)ccnc2O1. The fourth-order valence-electron chi connectivity index (χ4n) is 2.43. The highest BCUT2D eigenvalue weighted by Crippen LogP contribution is 2.35. The summed E-state index contributed by atoms with van der Waals surface area (Å²) in [4.78, 5) is 4.12. The molecule has 1 aliphatic rings. The molecule has 2 heterocycles. The monoisotopic (exact) mass is 277 g/mol. The average Bonchev–Trinajstić information content (AvgIpc) is 2.46. The number of fused-ring (bicyclic) bond motifs is 1. The van der Waals surface area contributed by atoms with Gasteiger partial charge in [-0.2, -0.15) is 0 Å². The van der Waals surface area contributed by atoms with Crippen molar-refractivity contribution in [3.8, 4) is 17.0 Å². The molecule has 0 unspecified atom stereocenters. The van der Waals surface area contributed by atoms with E-state index < -0.39 is 11.6 Å². The molecule has 3 rings (SSSR count). The fourth-order valence-corrected chi connectivity index (χ4v) is 2.43. The minimum Gasteiger partial charge on any atom is -0.472 e. The molecule has 20 heavy (non-hydrogen) atoms. The van der Waals surface area contributed by atoms with Gasteiger partial charge in [-0.25, -0.2) is 13.8 Å². The Morgan fingerprint density at radius 1 is 1.25 bits per heavy atom. The van der Waals surface area contributed by atoms with Crippen LogP contribution < -0.4 is 4.74 Å². The van der Waals surface area contributed by atoms with Crippen LogP contribution in [0.25, 0.3) is 11.1 Å². The highest BCUT2D eigenvalue weighted by atomic mass is 19.1. The molecule has 1 N–H and O–H groups in total. The molecular formula is C15H13F2NO2. The minimum absolute atomic E-state index is 0.0732. The summed E-state index contributed by atoms with van der Waals surface area (Å²) in [5, 5.41) is 9.12. The lowest BCUT2D eigenvalue weighted by Crippen LogP contribution is -2.27. The lowest BCUT2D eigenvalue weighted by atomic mass is 9.95. The number of hydrogen-bond acceptors (Lipinski definition) is 3. The van der Waals surface area contributed by atoms with Gasteiger partial charge in [0.15, 0.2) is 0 Å². The molecular weight excluding hydrogens is 264 g/mol. The molecule has 0 saturated carbocycles. The van der Waals surface area contributed by atoms with Gasteiger partial charge in [0.25, 0.3) is 0 Å². The first-order valence-corrected chi connectivity index (χ1v) is 6.40. The third-order valence-electron chi connectivity index (χ3n) is 3.44. The summed E-state index contributed by atoms with van der Waals surface area (Å²) in [6.07, 6.45) is 2.53. The number of nitrogens with zero attached hydrogens (tertiary/aromatic N) is 1. The van der Waals surface area contributed by atoms with Crippen LogP contribution in [-0.2, 0) is 6.42 Å². The fraction of sp³-hybridized carbons (Fsp3) is 0.267. The number of rotatable bonds is 2. The molecule has 0 radical (unpaired) electrons. The zero-order chi connectivity index (χ0) is 14.1. The van der Waals surface area contributed by atoms with Crippen LogP contribution >= 0.6 is 0 Å². The number of ether oxygens (including phenoxy) is 1. The Kier molecular flexibility index (Phi) is 3.36. The van der Waals surface area contributed by atoms with Crippen molar-refractivity contribution < 1.29 is 18.6 Å². The molecule has 1 aliphatic heterocycles. The summed E-state index contributed by atoms with van der Waals surface area (Å²) in [5.74, 6) is -0.801. The summed E-state index contributed by atoms with van der Waals surface area (Å²) in [5.41, 5.74) is 1.78. The van der Waals surface area contributed by atoms with E-state index in [4.69, 9.17) is 9.84 Å². The van der Waals surface area contributed by atoms with Gasteiger partial charge in [-0.15, -0.1) is 0 Å². The van der Waals surface area contributed by atoms with E-state index in [9.17, 15) is 8.78 Å². The van der Waals surface area contributed by atoms with Crippen LogP contribution in [0.15, 0.2) is 30.5 Å². The third-order valence-corrected chi connectivity index (χ3v) is 3.44. The van der Waals surface area contributed by atoms with E-state index in [-0.39, 0.29) is 12.7 Å². The van der Waals surface area contributed by atoms with E-state index in [0.717, 1.165) is 11.6 Å². The smallest absolute Gasteiger partial charge is 0.217 e. The summed E-state index contributed by atoms with van der Waals surface area (Å²) in [7, 11) is 0. The van der Waals surface area contributed by atoms with E-state index in [2.05, 4.69) is 4.98 Å². The maximum absolute atomic E-state index is 13.9. The van der Waals surface area contributed by atoms with Gasteiger partial charge in [-0.05, 0) is 36.6 Å². The zero-order valence-electron chi connectivity index (χ0n) is 10.6. The zero-order valence-corrected chi connectivity index (χ0v) is 10.6. The van der Waals surface area contributed by atoms with E-state index in [1.54, 1.807) is 6.07 Å². The maximum atomic E-state index is 13.9. The van der Waals surface area contributed by atoms with Gasteiger partial charge in [0.2, 0.25) is 5.88 Å². The molecule has 104 valence electrons. The Bertz CT molecular complexity index is 646. The minimum atomic E-state index is -0.609. The molecule has 0 saturated heterocycles. The second kappa shape index (κ2) is 5.17. The number of pyridine rings is 1. The molecule has 1 aromatic heterocycles. The average molecular weight is 277 g/mol. The number of halogens is 2. The second-order valence-corrected chi connectivity index (χ2v) is 4.73. The highest BCUT2D eigenvalue weighted by Gasteiger charge is 2.23. The highest BCUT2D eigenvalue weighted by molar-refractivity contribution is 5.69. The topological polar surface area (TPSA) is 42.4 Å². The number of aliphatic hydroxyl groups is 1. The Labute approximate surface area is 114 Å². The van der Waals surface area contributed by atoms with E-state index in [0.29, 0.717) is 29.8 Å². The van der Waals surface area contributed by atoms with Crippen molar-refractivity contribution >= 4 is 0 Å². The Balaban J connectivity index is 2.07. The van der Waals surface area contributed by atoms with Crippen LogP contribution in [0.5, 0.6) is 5.88 Å². The van der Waals surface area contributed by atoms with Crippen LogP contribution in [0.1, 0.15) is 12.0 Å². The van der Waals surface area contributed by atoms with E-state index >= 15 is 0 Å². The normalized spacial score (nSPS) is 17.4. The molecule has 0 amide bonds. The Morgan fingerprint density at radius 2 is 2.10 bits per heavy atom. The van der Waals surface area contributed by atoms with Crippen molar-refractivity contribution in [2.75, 3.05) is 6.61 Å². The molecule has 1 atom stereocenters. The second-order valence-electron chi connectivity index (χ2n) is 4.73. The van der Waals surface area contributed by atoms with Gasteiger partial charge < -0.3 is 9.84 Å². The maximum Gasteiger partial charge on any atom is 0.217 e. The molecule has 2 aromatic rings. The van der Waals surface area contributed by atoms with Crippen LogP contribution in [0, 0.1) is 11.6 Å². The predicted octanol–water partition coefficient (Wildman–Crippen LogP) is 2.71. The lowest BCUT2D eigenvalue weighted by molar-refractivity contribution is 0.0931. The van der Waals surface area contributed by atoms with E-state index in [1.165, 1.54) is 18.3 Å². The summed E-state index contributed by atoms with van der Waals surface area (Å²) < 4.78 is 32.5. The van der Waals surface area contributed by atoms with Crippen LogP contribution in [0.2, 0.25) is 0 Å². The first kappa shape index (κ1) is 13.0. The van der Waals surface area contributed by atoms with Crippen molar-refractivity contribution in [1.82, 2.24) is 4.98 Å². The van der Waals surface area contributed by atoms with Gasteiger partial charge in [0.1, 0.15) is 17.7 Å². The lowest BCUT2D eigenvalue weighted by Gasteiger charge is -2.25. The van der Waals surface area contributed by atoms with Crippen molar-refractivity contribution in [2.24, 2.45) is 0 Å². The number of aliphatic hydroxyl groups excluding tert-OH is 1. The number of aromatic nitrogens is 1. The van der Waals surface area contributed by atoms with Gasteiger partial charge in [-0.1, -0.05) is 0 Å². The van der Waals surface area contributed by atoms with Crippen molar-refractivity contribution in [2.45, 2.75) is 18.9 Å². The van der Waals surface area contributed by atoms with Crippen molar-refractivity contribution in [1.29, 1.82) is 0 Å². The molecule has 3 nitrogen and oxygen atoms in total. The van der Waals surface area contributed by atoms with Gasteiger partial charge in [0.05, 0.1) is 6.61 Å². The summed E-state index contributed by atoms with van der Waals surface area (Å²) in [6.45, 7) is -0.0732. The van der Waals surface area contributed by atoms with Gasteiger partial charge in [-0.3, -0.25) is 0 Å². The largest absolute Gasteiger partial charge is 0.472 e.